The Labute approximate surface area is 105 Å². The van der Waals surface area contributed by atoms with Crippen molar-refractivity contribution in [2.24, 2.45) is 0 Å². The van der Waals surface area contributed by atoms with E-state index in [0.29, 0.717) is 6.10 Å². The van der Waals surface area contributed by atoms with Crippen LogP contribution in [-0.4, -0.2) is 61.0 Å². The predicted octanol–water partition coefficient (Wildman–Crippen LogP) is 0.848. The third-order valence-electron chi connectivity index (χ3n) is 3.46. The van der Waals surface area contributed by atoms with Gasteiger partial charge in [-0.1, -0.05) is 6.92 Å². The molecule has 1 atom stereocenters. The summed E-state index contributed by atoms with van der Waals surface area (Å²) in [5, 5.41) is 12.8. The minimum absolute atomic E-state index is 0.173. The number of hydrogen-bond donors (Lipinski definition) is 2. The SMILES string of the molecule is CCNC(C)(CO)CN1CCC(OCC)CC1. The highest BCUT2D eigenvalue weighted by Gasteiger charge is 2.28. The molecule has 1 aliphatic heterocycles. The van der Waals surface area contributed by atoms with E-state index in [1.54, 1.807) is 0 Å². The molecule has 1 fully saturated rings. The largest absolute Gasteiger partial charge is 0.394 e. The molecule has 102 valence electrons. The summed E-state index contributed by atoms with van der Waals surface area (Å²) in [7, 11) is 0. The van der Waals surface area contributed by atoms with Gasteiger partial charge in [-0.15, -0.1) is 0 Å². The zero-order valence-electron chi connectivity index (χ0n) is 11.5. The van der Waals surface area contributed by atoms with Crippen LogP contribution in [0.2, 0.25) is 0 Å². The number of aliphatic hydroxyl groups excluding tert-OH is 1. The molecule has 17 heavy (non-hydrogen) atoms. The standard InChI is InChI=1S/C13H28N2O2/c1-4-14-13(3,11-16)10-15-8-6-12(7-9-15)17-5-2/h12,14,16H,4-11H2,1-3H3. The van der Waals surface area contributed by atoms with E-state index in [4.69, 9.17) is 4.74 Å². The van der Waals surface area contributed by atoms with Crippen LogP contribution in [0.25, 0.3) is 0 Å². The van der Waals surface area contributed by atoms with E-state index in [1.165, 1.54) is 0 Å². The fraction of sp³-hybridized carbons (Fsp3) is 1.00. The molecule has 4 heteroatoms. The van der Waals surface area contributed by atoms with Gasteiger partial charge in [-0.2, -0.15) is 0 Å². The second kappa shape index (κ2) is 7.31. The van der Waals surface area contributed by atoms with Crippen LogP contribution >= 0.6 is 0 Å². The zero-order valence-corrected chi connectivity index (χ0v) is 11.5. The molecule has 1 heterocycles. The summed E-state index contributed by atoms with van der Waals surface area (Å²) in [6, 6.07) is 0. The lowest BCUT2D eigenvalue weighted by molar-refractivity contribution is 0.00511. The molecule has 1 aliphatic rings. The van der Waals surface area contributed by atoms with Crippen molar-refractivity contribution in [3.63, 3.8) is 0 Å². The van der Waals surface area contributed by atoms with Crippen LogP contribution in [0.5, 0.6) is 0 Å². The summed E-state index contributed by atoms with van der Waals surface area (Å²) < 4.78 is 5.64. The summed E-state index contributed by atoms with van der Waals surface area (Å²) in [5.74, 6) is 0. The van der Waals surface area contributed by atoms with Crippen LogP contribution in [-0.2, 0) is 4.74 Å². The second-order valence-corrected chi connectivity index (χ2v) is 5.18. The molecular formula is C13H28N2O2. The van der Waals surface area contributed by atoms with Gasteiger partial charge in [0.1, 0.15) is 0 Å². The molecule has 0 spiro atoms. The molecule has 0 aromatic carbocycles. The minimum Gasteiger partial charge on any atom is -0.394 e. The number of nitrogens with zero attached hydrogens (tertiary/aromatic N) is 1. The van der Waals surface area contributed by atoms with Gasteiger partial charge < -0.3 is 20.1 Å². The van der Waals surface area contributed by atoms with Crippen LogP contribution in [0.1, 0.15) is 33.6 Å². The highest BCUT2D eigenvalue weighted by atomic mass is 16.5. The van der Waals surface area contributed by atoms with Crippen LogP contribution in [0.4, 0.5) is 0 Å². The molecule has 0 radical (unpaired) electrons. The van der Waals surface area contributed by atoms with Gasteiger partial charge in [-0.25, -0.2) is 0 Å². The van der Waals surface area contributed by atoms with Crippen molar-refractivity contribution < 1.29 is 9.84 Å². The van der Waals surface area contributed by atoms with Gasteiger partial charge in [-0.05, 0) is 33.2 Å². The number of aliphatic hydroxyl groups is 1. The van der Waals surface area contributed by atoms with Gasteiger partial charge in [0.15, 0.2) is 0 Å². The van der Waals surface area contributed by atoms with Gasteiger partial charge in [0.05, 0.1) is 18.2 Å². The molecule has 0 bridgehead atoms. The topological polar surface area (TPSA) is 44.7 Å². The van der Waals surface area contributed by atoms with Crippen molar-refractivity contribution in [3.05, 3.63) is 0 Å². The maximum Gasteiger partial charge on any atom is 0.0623 e. The van der Waals surface area contributed by atoms with E-state index in [9.17, 15) is 5.11 Å². The van der Waals surface area contributed by atoms with Gasteiger partial charge >= 0.3 is 0 Å². The van der Waals surface area contributed by atoms with Gasteiger partial charge in [-0.3, -0.25) is 0 Å². The first-order chi connectivity index (χ1) is 8.13. The van der Waals surface area contributed by atoms with E-state index < -0.39 is 0 Å². The first-order valence-electron chi connectivity index (χ1n) is 6.83. The van der Waals surface area contributed by atoms with E-state index in [2.05, 4.69) is 31.0 Å². The summed E-state index contributed by atoms with van der Waals surface area (Å²) in [6.07, 6.45) is 2.67. The van der Waals surface area contributed by atoms with Crippen molar-refractivity contribution in [2.75, 3.05) is 39.4 Å². The molecule has 1 saturated heterocycles. The molecule has 0 saturated carbocycles. The van der Waals surface area contributed by atoms with Crippen LogP contribution in [0.15, 0.2) is 0 Å². The molecule has 1 rings (SSSR count). The quantitative estimate of drug-likeness (QED) is 0.697. The highest BCUT2D eigenvalue weighted by Crippen LogP contribution is 2.16. The molecular weight excluding hydrogens is 216 g/mol. The average Bonchev–Trinajstić information content (AvgIpc) is 2.32. The number of nitrogens with one attached hydrogen (secondary N) is 1. The number of ether oxygens (including phenoxy) is 1. The maximum atomic E-state index is 9.47. The molecule has 4 nitrogen and oxygen atoms in total. The lowest BCUT2D eigenvalue weighted by atomic mass is 10.00. The minimum atomic E-state index is -0.173. The Bertz CT molecular complexity index is 206. The molecule has 0 aromatic rings. The lowest BCUT2D eigenvalue weighted by Gasteiger charge is -2.38. The zero-order chi connectivity index (χ0) is 12.7. The van der Waals surface area contributed by atoms with Gasteiger partial charge in [0.25, 0.3) is 0 Å². The van der Waals surface area contributed by atoms with Gasteiger partial charge in [0, 0.05) is 26.2 Å². The summed E-state index contributed by atoms with van der Waals surface area (Å²) >= 11 is 0. The first-order valence-corrected chi connectivity index (χ1v) is 6.83. The first kappa shape index (κ1) is 14.9. The molecule has 2 N–H and O–H groups in total. The number of rotatable bonds is 7. The van der Waals surface area contributed by atoms with Crippen molar-refractivity contribution in [2.45, 2.75) is 45.3 Å². The summed E-state index contributed by atoms with van der Waals surface area (Å²) in [5.41, 5.74) is -0.173. The van der Waals surface area contributed by atoms with Crippen LogP contribution < -0.4 is 5.32 Å². The van der Waals surface area contributed by atoms with Crippen LogP contribution in [0.3, 0.4) is 0 Å². The lowest BCUT2D eigenvalue weighted by Crippen LogP contribution is -2.55. The van der Waals surface area contributed by atoms with E-state index >= 15 is 0 Å². The van der Waals surface area contributed by atoms with Crippen molar-refractivity contribution in [1.82, 2.24) is 10.2 Å². The molecule has 1 unspecified atom stereocenters. The fourth-order valence-electron chi connectivity index (χ4n) is 2.55. The van der Waals surface area contributed by atoms with E-state index in [-0.39, 0.29) is 12.1 Å². The Morgan fingerprint density at radius 2 is 2.00 bits per heavy atom. The van der Waals surface area contributed by atoms with Crippen molar-refractivity contribution >= 4 is 0 Å². The highest BCUT2D eigenvalue weighted by molar-refractivity contribution is 4.87. The van der Waals surface area contributed by atoms with Crippen molar-refractivity contribution in [1.29, 1.82) is 0 Å². The van der Waals surface area contributed by atoms with Crippen LogP contribution in [0, 0.1) is 0 Å². The third-order valence-corrected chi connectivity index (χ3v) is 3.46. The van der Waals surface area contributed by atoms with E-state index in [0.717, 1.165) is 45.6 Å². The fourth-order valence-corrected chi connectivity index (χ4v) is 2.55. The summed E-state index contributed by atoms with van der Waals surface area (Å²) in [6.45, 7) is 11.2. The Hall–Kier alpha value is -0.160. The summed E-state index contributed by atoms with van der Waals surface area (Å²) in [4.78, 5) is 2.42. The Morgan fingerprint density at radius 3 is 2.47 bits per heavy atom. The van der Waals surface area contributed by atoms with E-state index in [1.807, 2.05) is 0 Å². The monoisotopic (exact) mass is 244 g/mol. The number of likely N-dealkylation sites (N-methyl/N-ethyl adjacent to an activating group) is 1. The molecule has 0 amide bonds. The average molecular weight is 244 g/mol. The second-order valence-electron chi connectivity index (χ2n) is 5.18. The maximum absolute atomic E-state index is 9.47. The molecule has 0 aromatic heterocycles. The van der Waals surface area contributed by atoms with Crippen molar-refractivity contribution in [3.8, 4) is 0 Å². The Morgan fingerprint density at radius 1 is 1.35 bits per heavy atom. The smallest absolute Gasteiger partial charge is 0.0623 e. The normalized spacial score (nSPS) is 22.6. The van der Waals surface area contributed by atoms with Gasteiger partial charge in [0.2, 0.25) is 0 Å². The Balaban J connectivity index is 2.33. The number of hydrogen-bond acceptors (Lipinski definition) is 4. The molecule has 0 aliphatic carbocycles. The predicted molar refractivity (Wildman–Crippen MR) is 70.3 cm³/mol. The number of likely N-dealkylation sites (tertiary alicyclic amines) is 1. The third kappa shape index (κ3) is 4.92. The number of piperidine rings is 1. The Kier molecular flexibility index (Phi) is 6.41.